The van der Waals surface area contributed by atoms with Gasteiger partial charge in [-0.15, -0.1) is 0 Å². The minimum Gasteiger partial charge on any atom is -0.515 e. The molecule has 0 radical (unpaired) electrons. The average Bonchev–Trinajstić information content (AvgIpc) is 2.80. The van der Waals surface area contributed by atoms with Gasteiger partial charge in [-0.05, 0) is 108 Å². The molecule has 0 aliphatic rings. The van der Waals surface area contributed by atoms with Crippen LogP contribution in [-0.2, 0) is 11.2 Å². The molecule has 0 aromatic heterocycles. The number of hydrogen-bond donors (Lipinski definition) is 2. The van der Waals surface area contributed by atoms with Gasteiger partial charge in [-0.2, -0.15) is 0 Å². The molecule has 258 valence electrons. The fraction of sp³-hybridized carbons (Fsp3) is 0.700. The number of hydrogen-bond acceptors (Lipinski definition) is 5. The van der Waals surface area contributed by atoms with Crippen LogP contribution in [0.3, 0.4) is 0 Å². The lowest BCUT2D eigenvalue weighted by Crippen LogP contribution is -2.30. The summed E-state index contributed by atoms with van der Waals surface area (Å²) in [6.07, 6.45) is 6.19. The van der Waals surface area contributed by atoms with E-state index in [1.54, 1.807) is 0 Å². The molecule has 1 atom stereocenters. The van der Waals surface area contributed by atoms with E-state index in [0.29, 0.717) is 34.8 Å². The van der Waals surface area contributed by atoms with E-state index in [0.717, 1.165) is 30.2 Å². The lowest BCUT2D eigenvalue weighted by molar-refractivity contribution is 0.0548. The third-order valence-electron chi connectivity index (χ3n) is 7.06. The highest BCUT2D eigenvalue weighted by Gasteiger charge is 2.34. The van der Waals surface area contributed by atoms with Crippen molar-refractivity contribution in [1.29, 1.82) is 0 Å². The van der Waals surface area contributed by atoms with Crippen molar-refractivity contribution in [1.82, 2.24) is 0 Å². The highest BCUT2D eigenvalue weighted by molar-refractivity contribution is 5.55. The van der Waals surface area contributed by atoms with Crippen LogP contribution in [-0.4, -0.2) is 27.0 Å². The third-order valence-corrected chi connectivity index (χ3v) is 7.06. The van der Waals surface area contributed by atoms with Gasteiger partial charge in [0.2, 0.25) is 0 Å². The fourth-order valence-electron chi connectivity index (χ4n) is 4.80. The van der Waals surface area contributed by atoms with Crippen LogP contribution < -0.4 is 9.47 Å². The van der Waals surface area contributed by atoms with Crippen LogP contribution in [0.2, 0.25) is 0 Å². The predicted molar refractivity (Wildman–Crippen MR) is 191 cm³/mol. The summed E-state index contributed by atoms with van der Waals surface area (Å²) in [5.74, 6) is 1.85. The molecule has 0 saturated carbocycles. The molecule has 0 bridgehead atoms. The summed E-state index contributed by atoms with van der Waals surface area (Å²) in [6, 6.07) is 4.08. The Hall–Kier alpha value is -2.40. The summed E-state index contributed by atoms with van der Waals surface area (Å²) in [5, 5.41) is 22.6. The Balaban J connectivity index is 4.13. The molecule has 0 saturated heterocycles. The number of rotatable bonds is 11. The molecular formula is C40H68O5. The zero-order valence-corrected chi connectivity index (χ0v) is 32.2. The van der Waals surface area contributed by atoms with E-state index in [9.17, 15) is 10.2 Å². The number of aliphatic hydroxyl groups excluding tert-OH is 2. The standard InChI is InChI=1S/C40H68O5/c1-19-40(17,18)45-34-29(21-20-27(24-35(2,3)4)33(34)44-39(14,15)16)32(42)30(37(8,9)10)22-23-31(43-38(11,12)13)28(26-41)25-36(5,6)7/h20-23,26,32,41-42H,19,24-25H2,1-18H3/b28-26+,30-22-,31-23+. The molecule has 5 heteroatoms. The van der Waals surface area contributed by atoms with Crippen molar-refractivity contribution in [2.24, 2.45) is 16.2 Å². The Morgan fingerprint density at radius 2 is 1.29 bits per heavy atom. The first-order valence-electron chi connectivity index (χ1n) is 16.7. The zero-order valence-electron chi connectivity index (χ0n) is 32.2. The van der Waals surface area contributed by atoms with Gasteiger partial charge in [0.25, 0.3) is 0 Å². The van der Waals surface area contributed by atoms with Crippen LogP contribution in [0.1, 0.15) is 155 Å². The summed E-state index contributed by atoms with van der Waals surface area (Å²) >= 11 is 0. The van der Waals surface area contributed by atoms with Crippen molar-refractivity contribution < 1.29 is 24.4 Å². The Morgan fingerprint density at radius 3 is 1.69 bits per heavy atom. The first kappa shape index (κ1) is 40.6. The number of aliphatic hydroxyl groups is 2. The minimum atomic E-state index is -0.991. The zero-order chi connectivity index (χ0) is 35.4. The summed E-state index contributed by atoms with van der Waals surface area (Å²) in [4.78, 5) is 0. The molecule has 0 amide bonds. The largest absolute Gasteiger partial charge is 0.515 e. The molecule has 0 heterocycles. The topological polar surface area (TPSA) is 68.2 Å². The summed E-state index contributed by atoms with van der Waals surface area (Å²) in [5.41, 5.74) is 1.29. The highest BCUT2D eigenvalue weighted by atomic mass is 16.5. The van der Waals surface area contributed by atoms with Gasteiger partial charge in [0.15, 0.2) is 11.5 Å². The lowest BCUT2D eigenvalue weighted by Gasteiger charge is -2.35. The quantitative estimate of drug-likeness (QED) is 0.188. The van der Waals surface area contributed by atoms with Gasteiger partial charge in [-0.25, -0.2) is 0 Å². The maximum Gasteiger partial charge on any atom is 0.168 e. The Bertz CT molecular complexity index is 1210. The summed E-state index contributed by atoms with van der Waals surface area (Å²) in [6.45, 7) is 37.6. The van der Waals surface area contributed by atoms with E-state index < -0.39 is 28.3 Å². The Morgan fingerprint density at radius 1 is 0.733 bits per heavy atom. The van der Waals surface area contributed by atoms with Gasteiger partial charge in [0.05, 0.1) is 6.26 Å². The van der Waals surface area contributed by atoms with Gasteiger partial charge >= 0.3 is 0 Å². The van der Waals surface area contributed by atoms with Gasteiger partial charge in [-0.1, -0.05) is 87.4 Å². The van der Waals surface area contributed by atoms with E-state index in [4.69, 9.17) is 14.2 Å². The SMILES string of the molecule is CCC(C)(C)Oc1c(C(O)/C(=C/C=C(OC(C)(C)C)\C(=C\O)CC(C)(C)C)C(C)(C)C)ccc(CC(C)(C)C)c1OC(C)(C)C. The minimum absolute atomic E-state index is 0.0172. The number of allylic oxidation sites excluding steroid dienone is 3. The first-order valence-corrected chi connectivity index (χ1v) is 16.7. The molecule has 1 unspecified atom stereocenters. The van der Waals surface area contributed by atoms with Crippen molar-refractivity contribution in [3.8, 4) is 11.5 Å². The second-order valence-electron chi connectivity index (χ2n) is 18.6. The summed E-state index contributed by atoms with van der Waals surface area (Å²) < 4.78 is 19.9. The van der Waals surface area contributed by atoms with Crippen molar-refractivity contribution in [2.75, 3.05) is 0 Å². The second-order valence-corrected chi connectivity index (χ2v) is 18.6. The molecule has 0 spiro atoms. The number of benzene rings is 1. The van der Waals surface area contributed by atoms with Gasteiger partial charge in [0, 0.05) is 11.1 Å². The molecule has 2 N–H and O–H groups in total. The van der Waals surface area contributed by atoms with Gasteiger partial charge < -0.3 is 24.4 Å². The lowest BCUT2D eigenvalue weighted by atomic mass is 9.79. The fourth-order valence-corrected chi connectivity index (χ4v) is 4.80. The molecule has 0 aliphatic carbocycles. The van der Waals surface area contributed by atoms with Crippen LogP contribution in [0.25, 0.3) is 0 Å². The van der Waals surface area contributed by atoms with Crippen LogP contribution in [0, 0.1) is 16.2 Å². The highest BCUT2D eigenvalue weighted by Crippen LogP contribution is 2.47. The van der Waals surface area contributed by atoms with Crippen molar-refractivity contribution in [2.45, 2.75) is 167 Å². The normalized spacial score (nSPS) is 15.7. The molecule has 0 aliphatic heterocycles. The molecule has 5 nitrogen and oxygen atoms in total. The molecule has 1 aromatic rings. The second kappa shape index (κ2) is 14.6. The number of ether oxygens (including phenoxy) is 3. The van der Waals surface area contributed by atoms with Gasteiger partial charge in [0.1, 0.15) is 28.7 Å². The van der Waals surface area contributed by atoms with Crippen LogP contribution in [0.5, 0.6) is 11.5 Å². The molecule has 45 heavy (non-hydrogen) atoms. The monoisotopic (exact) mass is 629 g/mol. The van der Waals surface area contributed by atoms with E-state index >= 15 is 0 Å². The first-order chi connectivity index (χ1) is 20.0. The Kier molecular flexibility index (Phi) is 13.2. The van der Waals surface area contributed by atoms with Crippen LogP contribution in [0.4, 0.5) is 0 Å². The smallest absolute Gasteiger partial charge is 0.168 e. The van der Waals surface area contributed by atoms with Crippen molar-refractivity contribution in [3.63, 3.8) is 0 Å². The van der Waals surface area contributed by atoms with E-state index in [-0.39, 0.29) is 10.8 Å². The Labute approximate surface area is 277 Å². The molecular weight excluding hydrogens is 560 g/mol. The third kappa shape index (κ3) is 14.3. The van der Waals surface area contributed by atoms with E-state index in [2.05, 4.69) is 89.2 Å². The molecule has 1 rings (SSSR count). The summed E-state index contributed by atoms with van der Waals surface area (Å²) in [7, 11) is 0. The van der Waals surface area contributed by atoms with E-state index in [1.807, 2.05) is 59.8 Å². The van der Waals surface area contributed by atoms with Crippen LogP contribution in [0.15, 0.2) is 47.5 Å². The van der Waals surface area contributed by atoms with Crippen molar-refractivity contribution >= 4 is 0 Å². The van der Waals surface area contributed by atoms with E-state index in [1.165, 1.54) is 0 Å². The maximum absolute atomic E-state index is 12.3. The molecule has 1 aromatic carbocycles. The average molecular weight is 629 g/mol. The molecule has 0 fully saturated rings. The van der Waals surface area contributed by atoms with Crippen LogP contribution >= 0.6 is 0 Å². The predicted octanol–water partition coefficient (Wildman–Crippen LogP) is 11.6. The van der Waals surface area contributed by atoms with Gasteiger partial charge in [-0.3, -0.25) is 0 Å². The van der Waals surface area contributed by atoms with Crippen molar-refractivity contribution in [3.05, 3.63) is 58.6 Å². The maximum atomic E-state index is 12.3.